The minimum atomic E-state index is -3.36. The number of hydrogen-bond donors (Lipinski definition) is 0. The van der Waals surface area contributed by atoms with Crippen LogP contribution in [0.1, 0.15) is 0 Å². The Hall–Kier alpha value is -2.45. The predicted molar refractivity (Wildman–Crippen MR) is 92.2 cm³/mol. The van der Waals surface area contributed by atoms with Crippen molar-refractivity contribution in [1.82, 2.24) is 9.97 Å². The van der Waals surface area contributed by atoms with Crippen molar-refractivity contribution in [3.63, 3.8) is 0 Å². The van der Waals surface area contributed by atoms with Crippen molar-refractivity contribution >= 4 is 21.6 Å². The van der Waals surface area contributed by atoms with Crippen LogP contribution in [0.2, 0.25) is 0 Å². The Balaban J connectivity index is 1.84. The van der Waals surface area contributed by atoms with Crippen molar-refractivity contribution < 1.29 is 17.5 Å². The molecular formula is C17H13FN2O3S2. The molecule has 0 radical (unpaired) electrons. The zero-order chi connectivity index (χ0) is 17.9. The molecule has 0 saturated heterocycles. The van der Waals surface area contributed by atoms with Crippen LogP contribution in [0.3, 0.4) is 0 Å². The topological polar surface area (TPSA) is 69.2 Å². The first-order valence-corrected chi connectivity index (χ1v) is 9.86. The molecule has 1 heterocycles. The van der Waals surface area contributed by atoms with Crippen molar-refractivity contribution in [2.24, 2.45) is 0 Å². The van der Waals surface area contributed by atoms with E-state index in [1.807, 2.05) is 0 Å². The van der Waals surface area contributed by atoms with Crippen molar-refractivity contribution in [3.8, 4) is 11.6 Å². The summed E-state index contributed by atoms with van der Waals surface area (Å²) in [4.78, 5) is 9.13. The number of ether oxygens (including phenoxy) is 1. The Morgan fingerprint density at radius 3 is 2.48 bits per heavy atom. The number of sulfone groups is 1. The van der Waals surface area contributed by atoms with Crippen LogP contribution in [0.15, 0.2) is 75.7 Å². The normalized spacial score (nSPS) is 11.3. The van der Waals surface area contributed by atoms with E-state index in [1.165, 1.54) is 36.5 Å². The summed E-state index contributed by atoms with van der Waals surface area (Å²) in [6, 6.07) is 13.8. The van der Waals surface area contributed by atoms with Gasteiger partial charge in [-0.15, -0.1) is 0 Å². The number of halogens is 1. The average Bonchev–Trinajstić information content (AvgIpc) is 2.57. The molecule has 0 N–H and O–H groups in total. The standard InChI is InChI=1S/C17H13FN2O3S2/c1-25(21,22)15-5-3-2-4-14(15)24-17-19-11-10-16(20-17)23-13-8-6-12(18)7-9-13/h2-11H,1H3. The smallest absolute Gasteiger partial charge is 0.223 e. The summed E-state index contributed by atoms with van der Waals surface area (Å²) in [6.45, 7) is 0. The molecule has 0 aliphatic heterocycles. The molecule has 0 aliphatic rings. The lowest BCUT2D eigenvalue weighted by Crippen LogP contribution is -1.99. The van der Waals surface area contributed by atoms with Crippen LogP contribution >= 0.6 is 11.8 Å². The molecule has 0 amide bonds. The van der Waals surface area contributed by atoms with Gasteiger partial charge < -0.3 is 4.74 Å². The Morgan fingerprint density at radius 1 is 1.04 bits per heavy atom. The molecule has 5 nitrogen and oxygen atoms in total. The fraction of sp³-hybridized carbons (Fsp3) is 0.0588. The molecule has 0 aliphatic carbocycles. The van der Waals surface area contributed by atoms with E-state index in [0.29, 0.717) is 15.8 Å². The van der Waals surface area contributed by atoms with Crippen LogP contribution in [0.5, 0.6) is 11.6 Å². The largest absolute Gasteiger partial charge is 0.439 e. The first-order chi connectivity index (χ1) is 11.9. The van der Waals surface area contributed by atoms with Gasteiger partial charge in [0.1, 0.15) is 11.6 Å². The number of nitrogens with zero attached hydrogens (tertiary/aromatic N) is 2. The predicted octanol–water partition coefficient (Wildman–Crippen LogP) is 3.96. The second kappa shape index (κ2) is 7.20. The second-order valence-electron chi connectivity index (χ2n) is 5.05. The van der Waals surface area contributed by atoms with E-state index in [0.717, 1.165) is 18.0 Å². The molecule has 8 heteroatoms. The van der Waals surface area contributed by atoms with E-state index in [-0.39, 0.29) is 16.6 Å². The zero-order valence-electron chi connectivity index (χ0n) is 13.1. The van der Waals surface area contributed by atoms with E-state index in [2.05, 4.69) is 9.97 Å². The monoisotopic (exact) mass is 376 g/mol. The Kier molecular flexibility index (Phi) is 5.00. The number of hydrogen-bond acceptors (Lipinski definition) is 6. The minimum Gasteiger partial charge on any atom is -0.439 e. The van der Waals surface area contributed by atoms with Gasteiger partial charge in [-0.05, 0) is 48.2 Å². The fourth-order valence-electron chi connectivity index (χ4n) is 1.99. The lowest BCUT2D eigenvalue weighted by atomic mass is 10.3. The summed E-state index contributed by atoms with van der Waals surface area (Å²) in [6.07, 6.45) is 2.67. The van der Waals surface area contributed by atoms with E-state index in [4.69, 9.17) is 4.74 Å². The van der Waals surface area contributed by atoms with Gasteiger partial charge in [-0.2, -0.15) is 4.98 Å². The lowest BCUT2D eigenvalue weighted by molar-refractivity contribution is 0.454. The molecule has 0 unspecified atom stereocenters. The van der Waals surface area contributed by atoms with Gasteiger partial charge in [-0.1, -0.05) is 12.1 Å². The Labute approximate surface area is 148 Å². The van der Waals surface area contributed by atoms with Crippen molar-refractivity contribution in [2.75, 3.05) is 6.26 Å². The van der Waals surface area contributed by atoms with Gasteiger partial charge in [0.05, 0.1) is 4.90 Å². The summed E-state index contributed by atoms with van der Waals surface area (Å²) in [5, 5.41) is 0.343. The van der Waals surface area contributed by atoms with Crippen LogP contribution in [-0.2, 0) is 9.84 Å². The van der Waals surface area contributed by atoms with E-state index in [1.54, 1.807) is 24.3 Å². The maximum absolute atomic E-state index is 12.9. The molecule has 1 aromatic heterocycles. The third-order valence-corrected chi connectivity index (χ3v) is 5.33. The second-order valence-corrected chi connectivity index (χ2v) is 8.05. The highest BCUT2D eigenvalue weighted by Gasteiger charge is 2.15. The van der Waals surface area contributed by atoms with Gasteiger partial charge in [-0.3, -0.25) is 0 Å². The molecule has 0 atom stereocenters. The van der Waals surface area contributed by atoms with Gasteiger partial charge in [0, 0.05) is 23.4 Å². The highest BCUT2D eigenvalue weighted by atomic mass is 32.2. The molecule has 128 valence electrons. The maximum Gasteiger partial charge on any atom is 0.223 e. The first kappa shape index (κ1) is 17.4. The minimum absolute atomic E-state index is 0.216. The summed E-state index contributed by atoms with van der Waals surface area (Å²) in [7, 11) is -3.36. The third-order valence-electron chi connectivity index (χ3n) is 3.09. The summed E-state index contributed by atoms with van der Waals surface area (Å²) in [5.74, 6) is 0.359. The molecule has 3 rings (SSSR count). The maximum atomic E-state index is 12.9. The number of benzene rings is 2. The van der Waals surface area contributed by atoms with Gasteiger partial charge in [-0.25, -0.2) is 17.8 Å². The SMILES string of the molecule is CS(=O)(=O)c1ccccc1Sc1nccc(Oc2ccc(F)cc2)n1. The summed E-state index contributed by atoms with van der Waals surface area (Å²) in [5.41, 5.74) is 0. The van der Waals surface area contributed by atoms with Gasteiger partial charge in [0.25, 0.3) is 0 Å². The fourth-order valence-corrected chi connectivity index (χ4v) is 4.09. The quantitative estimate of drug-likeness (QED) is 0.628. The van der Waals surface area contributed by atoms with E-state index < -0.39 is 9.84 Å². The van der Waals surface area contributed by atoms with Gasteiger partial charge >= 0.3 is 0 Å². The lowest BCUT2D eigenvalue weighted by Gasteiger charge is -2.08. The third kappa shape index (κ3) is 4.55. The molecule has 2 aromatic carbocycles. The molecule has 25 heavy (non-hydrogen) atoms. The molecule has 3 aromatic rings. The summed E-state index contributed by atoms with van der Waals surface area (Å²) < 4.78 is 42.2. The zero-order valence-corrected chi connectivity index (χ0v) is 14.7. The van der Waals surface area contributed by atoms with Crippen LogP contribution in [-0.4, -0.2) is 24.6 Å². The van der Waals surface area contributed by atoms with Crippen LogP contribution in [0.4, 0.5) is 4.39 Å². The highest BCUT2D eigenvalue weighted by molar-refractivity contribution is 8.00. The number of aromatic nitrogens is 2. The molecule has 0 spiro atoms. The first-order valence-electron chi connectivity index (χ1n) is 7.15. The van der Waals surface area contributed by atoms with Gasteiger partial charge in [0.15, 0.2) is 15.0 Å². The number of rotatable bonds is 5. The molecule has 0 fully saturated rings. The molecular weight excluding hydrogens is 363 g/mol. The summed E-state index contributed by atoms with van der Waals surface area (Å²) >= 11 is 1.13. The van der Waals surface area contributed by atoms with E-state index in [9.17, 15) is 12.8 Å². The Bertz CT molecular complexity index is 993. The van der Waals surface area contributed by atoms with Crippen LogP contribution < -0.4 is 4.74 Å². The van der Waals surface area contributed by atoms with E-state index >= 15 is 0 Å². The van der Waals surface area contributed by atoms with Crippen molar-refractivity contribution in [3.05, 3.63) is 66.6 Å². The molecule has 0 bridgehead atoms. The average molecular weight is 376 g/mol. The van der Waals surface area contributed by atoms with Crippen LogP contribution in [0.25, 0.3) is 0 Å². The molecule has 0 saturated carbocycles. The van der Waals surface area contributed by atoms with Crippen molar-refractivity contribution in [2.45, 2.75) is 14.9 Å². The highest BCUT2D eigenvalue weighted by Crippen LogP contribution is 2.31. The van der Waals surface area contributed by atoms with Crippen molar-refractivity contribution in [1.29, 1.82) is 0 Å². The van der Waals surface area contributed by atoms with Crippen LogP contribution in [0, 0.1) is 5.82 Å². The Morgan fingerprint density at radius 2 is 1.76 bits per heavy atom. The van der Waals surface area contributed by atoms with Gasteiger partial charge in [0.2, 0.25) is 5.88 Å².